The van der Waals surface area contributed by atoms with Crippen molar-refractivity contribution < 1.29 is 19.1 Å². The van der Waals surface area contributed by atoms with Gasteiger partial charge in [-0.3, -0.25) is 9.69 Å². The normalized spacial score (nSPS) is 15.5. The Balaban J connectivity index is 2.28. The smallest absolute Gasteiger partial charge is 0.328 e. The van der Waals surface area contributed by atoms with Crippen LogP contribution in [0.3, 0.4) is 0 Å². The number of ether oxygens (including phenoxy) is 2. The van der Waals surface area contributed by atoms with Gasteiger partial charge in [0.2, 0.25) is 0 Å². The van der Waals surface area contributed by atoms with Gasteiger partial charge in [-0.15, -0.1) is 6.42 Å². The maximum absolute atomic E-state index is 12.1. The summed E-state index contributed by atoms with van der Waals surface area (Å²) in [6.07, 6.45) is 6.79. The van der Waals surface area contributed by atoms with Gasteiger partial charge in [-0.2, -0.15) is 0 Å². The number of nitrogens with one attached hydrogen (secondary N) is 1. The van der Waals surface area contributed by atoms with Crippen LogP contribution in [0.1, 0.15) is 19.4 Å². The van der Waals surface area contributed by atoms with Gasteiger partial charge in [0.1, 0.15) is 12.3 Å². The number of carbonyl (C=O) groups excluding carboxylic acids is 2. The summed E-state index contributed by atoms with van der Waals surface area (Å²) in [6, 6.07) is 4.79. The van der Waals surface area contributed by atoms with E-state index >= 15 is 0 Å². The minimum absolute atomic E-state index is 0.139. The van der Waals surface area contributed by atoms with Crippen molar-refractivity contribution in [1.82, 2.24) is 10.2 Å². The summed E-state index contributed by atoms with van der Waals surface area (Å²) >= 11 is 0. The van der Waals surface area contributed by atoms with E-state index in [0.717, 1.165) is 4.90 Å². The molecule has 2 rings (SSSR count). The van der Waals surface area contributed by atoms with Crippen LogP contribution in [-0.4, -0.2) is 36.6 Å². The van der Waals surface area contributed by atoms with Gasteiger partial charge < -0.3 is 14.8 Å². The van der Waals surface area contributed by atoms with Crippen LogP contribution >= 0.6 is 0 Å². The highest BCUT2D eigenvalue weighted by Gasteiger charge is 2.31. The van der Waals surface area contributed by atoms with E-state index < -0.39 is 6.03 Å². The molecule has 0 radical (unpaired) electrons. The Hall–Kier alpha value is -2.94. The average molecular weight is 314 g/mol. The van der Waals surface area contributed by atoms with E-state index in [2.05, 4.69) is 11.2 Å². The van der Waals surface area contributed by atoms with Gasteiger partial charge in [-0.25, -0.2) is 4.79 Å². The quantitative estimate of drug-likeness (QED) is 0.495. The molecule has 0 bridgehead atoms. The molecule has 1 fully saturated rings. The zero-order valence-electron chi connectivity index (χ0n) is 13.1. The van der Waals surface area contributed by atoms with Crippen molar-refractivity contribution in [2.24, 2.45) is 0 Å². The van der Waals surface area contributed by atoms with Gasteiger partial charge in [0.25, 0.3) is 5.91 Å². The average Bonchev–Trinajstić information content (AvgIpc) is 2.80. The lowest BCUT2D eigenvalue weighted by Crippen LogP contribution is -2.30. The number of carbonyl (C=O) groups is 2. The molecule has 0 aliphatic carbocycles. The van der Waals surface area contributed by atoms with Crippen LogP contribution in [0.2, 0.25) is 0 Å². The molecule has 3 amide bonds. The molecular formula is C17H18N2O4. The Morgan fingerprint density at radius 3 is 2.65 bits per heavy atom. The number of amides is 3. The van der Waals surface area contributed by atoms with E-state index in [1.54, 1.807) is 31.2 Å². The molecule has 0 aromatic heterocycles. The highest BCUT2D eigenvalue weighted by Crippen LogP contribution is 2.29. The van der Waals surface area contributed by atoms with Crippen LogP contribution in [0.25, 0.3) is 6.08 Å². The van der Waals surface area contributed by atoms with Crippen molar-refractivity contribution in [2.45, 2.75) is 13.8 Å². The van der Waals surface area contributed by atoms with Gasteiger partial charge >= 0.3 is 6.03 Å². The van der Waals surface area contributed by atoms with Gasteiger partial charge in [-0.1, -0.05) is 12.0 Å². The Bertz CT molecular complexity index is 688. The zero-order valence-corrected chi connectivity index (χ0v) is 13.1. The lowest BCUT2D eigenvalue weighted by Gasteiger charge is -2.11. The maximum Gasteiger partial charge on any atom is 0.328 e. The number of hydrogen-bond acceptors (Lipinski definition) is 4. The number of imide groups is 1. The highest BCUT2D eigenvalue weighted by molar-refractivity contribution is 6.13. The topological polar surface area (TPSA) is 67.9 Å². The second-order valence-electron chi connectivity index (χ2n) is 4.67. The molecule has 120 valence electrons. The Morgan fingerprint density at radius 2 is 2.04 bits per heavy atom. The molecule has 23 heavy (non-hydrogen) atoms. The molecule has 1 heterocycles. The summed E-state index contributed by atoms with van der Waals surface area (Å²) in [7, 11) is 0. The molecule has 6 nitrogen and oxygen atoms in total. The molecule has 1 aliphatic rings. The first-order valence-electron chi connectivity index (χ1n) is 7.28. The third-order valence-corrected chi connectivity index (χ3v) is 3.17. The minimum atomic E-state index is -0.414. The number of benzene rings is 1. The third kappa shape index (κ3) is 3.64. The fourth-order valence-corrected chi connectivity index (χ4v) is 2.15. The van der Waals surface area contributed by atoms with Gasteiger partial charge in [0, 0.05) is 6.54 Å². The summed E-state index contributed by atoms with van der Waals surface area (Å²) in [5.74, 6) is 3.11. The minimum Gasteiger partial charge on any atom is -0.490 e. The van der Waals surface area contributed by atoms with Gasteiger partial charge in [0.15, 0.2) is 11.5 Å². The lowest BCUT2D eigenvalue weighted by atomic mass is 10.1. The summed E-state index contributed by atoms with van der Waals surface area (Å²) in [5.41, 5.74) is 0.944. The molecule has 0 saturated carbocycles. The van der Waals surface area contributed by atoms with Crippen molar-refractivity contribution >= 4 is 18.0 Å². The van der Waals surface area contributed by atoms with Crippen LogP contribution in [-0.2, 0) is 4.79 Å². The second-order valence-corrected chi connectivity index (χ2v) is 4.67. The molecular weight excluding hydrogens is 296 g/mol. The molecule has 1 aromatic rings. The number of urea groups is 1. The molecule has 1 N–H and O–H groups in total. The van der Waals surface area contributed by atoms with E-state index in [1.165, 1.54) is 0 Å². The van der Waals surface area contributed by atoms with Crippen molar-refractivity contribution in [3.8, 4) is 23.8 Å². The first-order chi connectivity index (χ1) is 11.1. The van der Waals surface area contributed by atoms with E-state index in [0.29, 0.717) is 30.2 Å². The maximum atomic E-state index is 12.1. The molecule has 6 heteroatoms. The van der Waals surface area contributed by atoms with Crippen LogP contribution < -0.4 is 14.8 Å². The fourth-order valence-electron chi connectivity index (χ4n) is 2.15. The SMILES string of the molecule is C#CCOc1ccc(C=C2NC(=O)N(CC)C2=O)cc1OCC. The predicted molar refractivity (Wildman–Crippen MR) is 85.8 cm³/mol. The Labute approximate surface area is 135 Å². The van der Waals surface area contributed by atoms with Crippen LogP contribution in [0.5, 0.6) is 11.5 Å². The van der Waals surface area contributed by atoms with Crippen molar-refractivity contribution in [1.29, 1.82) is 0 Å². The molecule has 0 atom stereocenters. The number of terminal acetylenes is 1. The van der Waals surface area contributed by atoms with E-state index in [9.17, 15) is 9.59 Å². The standard InChI is InChI=1S/C17H18N2O4/c1-4-9-23-14-8-7-12(11-15(14)22-6-3)10-13-16(20)19(5-2)17(21)18-13/h1,7-8,10-11H,5-6,9H2,2-3H3,(H,18,21). The number of rotatable bonds is 6. The van der Waals surface area contributed by atoms with Crippen molar-refractivity contribution in [2.75, 3.05) is 19.8 Å². The van der Waals surface area contributed by atoms with Crippen LogP contribution in [0, 0.1) is 12.3 Å². The van der Waals surface area contributed by atoms with E-state index in [4.69, 9.17) is 15.9 Å². The van der Waals surface area contributed by atoms with E-state index in [1.807, 2.05) is 6.92 Å². The van der Waals surface area contributed by atoms with Crippen LogP contribution in [0.15, 0.2) is 23.9 Å². The largest absolute Gasteiger partial charge is 0.490 e. The lowest BCUT2D eigenvalue weighted by molar-refractivity contribution is -0.122. The summed E-state index contributed by atoms with van der Waals surface area (Å²) in [4.78, 5) is 24.9. The summed E-state index contributed by atoms with van der Waals surface area (Å²) < 4.78 is 10.9. The first-order valence-corrected chi connectivity index (χ1v) is 7.28. The van der Waals surface area contributed by atoms with Gasteiger partial charge in [0.05, 0.1) is 6.61 Å². The van der Waals surface area contributed by atoms with Gasteiger partial charge in [-0.05, 0) is 37.6 Å². The molecule has 1 aromatic carbocycles. The van der Waals surface area contributed by atoms with Crippen molar-refractivity contribution in [3.05, 3.63) is 29.5 Å². The highest BCUT2D eigenvalue weighted by atomic mass is 16.5. The summed E-state index contributed by atoms with van der Waals surface area (Å²) in [5, 5.41) is 2.55. The molecule has 0 unspecified atom stereocenters. The number of nitrogens with zero attached hydrogens (tertiary/aromatic N) is 1. The monoisotopic (exact) mass is 314 g/mol. The fraction of sp³-hybridized carbons (Fsp3) is 0.294. The Kier molecular flexibility index (Phi) is 5.26. The van der Waals surface area contributed by atoms with Crippen molar-refractivity contribution in [3.63, 3.8) is 0 Å². The predicted octanol–water partition coefficient (Wildman–Crippen LogP) is 2.01. The Morgan fingerprint density at radius 1 is 1.26 bits per heavy atom. The van der Waals surface area contributed by atoms with E-state index in [-0.39, 0.29) is 18.2 Å². The third-order valence-electron chi connectivity index (χ3n) is 3.17. The van der Waals surface area contributed by atoms with Crippen LogP contribution in [0.4, 0.5) is 4.79 Å². The number of hydrogen-bond donors (Lipinski definition) is 1. The second kappa shape index (κ2) is 7.36. The first kappa shape index (κ1) is 16.4. The zero-order chi connectivity index (χ0) is 16.8. The number of likely N-dealkylation sites (N-methyl/N-ethyl adjacent to an activating group) is 1. The summed E-state index contributed by atoms with van der Waals surface area (Å²) in [6.45, 7) is 4.53. The molecule has 0 spiro atoms. The molecule has 1 aliphatic heterocycles. The molecule has 1 saturated heterocycles.